The van der Waals surface area contributed by atoms with E-state index in [-0.39, 0.29) is 25.3 Å². The van der Waals surface area contributed by atoms with Crippen LogP contribution in [0.3, 0.4) is 0 Å². The molecule has 1 aromatic carbocycles. The van der Waals surface area contributed by atoms with Crippen LogP contribution in [0.4, 0.5) is 18.9 Å². The first-order chi connectivity index (χ1) is 10.5. The average molecular weight is 312 g/mol. The molecule has 0 saturated carbocycles. The van der Waals surface area contributed by atoms with Crippen molar-refractivity contribution >= 4 is 11.6 Å². The first-order valence-electron chi connectivity index (χ1n) is 7.56. The van der Waals surface area contributed by atoms with Crippen LogP contribution in [-0.4, -0.2) is 38.1 Å². The number of hydrogen-bond acceptors (Lipinski definition) is 2. The lowest BCUT2D eigenvalue weighted by Gasteiger charge is -2.35. The number of hydrogen-bond donors (Lipinski definition) is 1. The van der Waals surface area contributed by atoms with Gasteiger partial charge < -0.3 is 10.2 Å². The Morgan fingerprint density at radius 1 is 1.23 bits per heavy atom. The van der Waals surface area contributed by atoms with E-state index in [1.807, 2.05) is 24.3 Å². The predicted octanol–water partition coefficient (Wildman–Crippen LogP) is 2.72. The third kappa shape index (κ3) is 2.84. The average Bonchev–Trinajstić information content (AvgIpc) is 2.46. The summed E-state index contributed by atoms with van der Waals surface area (Å²) < 4.78 is 39.1. The molecule has 1 N–H and O–H groups in total. The highest BCUT2D eigenvalue weighted by Gasteiger charge is 2.44. The molecule has 22 heavy (non-hydrogen) atoms. The molecule has 2 saturated heterocycles. The molecule has 0 spiro atoms. The van der Waals surface area contributed by atoms with Gasteiger partial charge in [-0.1, -0.05) is 12.1 Å². The molecule has 2 heterocycles. The van der Waals surface area contributed by atoms with Crippen molar-refractivity contribution in [1.82, 2.24) is 5.32 Å². The lowest BCUT2D eigenvalue weighted by atomic mass is 9.89. The quantitative estimate of drug-likeness (QED) is 0.927. The van der Waals surface area contributed by atoms with Gasteiger partial charge in [0.2, 0.25) is 5.91 Å². The van der Waals surface area contributed by atoms with Crippen molar-refractivity contribution in [2.45, 2.75) is 24.7 Å². The van der Waals surface area contributed by atoms with Crippen molar-refractivity contribution in [2.75, 3.05) is 31.2 Å². The molecule has 0 aromatic heterocycles. The van der Waals surface area contributed by atoms with Crippen LogP contribution in [0.15, 0.2) is 24.3 Å². The summed E-state index contributed by atoms with van der Waals surface area (Å²) in [7, 11) is 0. The van der Waals surface area contributed by atoms with Gasteiger partial charge in [0.25, 0.3) is 5.92 Å². The molecule has 0 radical (unpaired) electrons. The lowest BCUT2D eigenvalue weighted by Crippen LogP contribution is -2.45. The number of carbonyl (C=O) groups is 1. The largest absolute Gasteiger partial charge is 0.315 e. The number of halogens is 3. The second-order valence-corrected chi connectivity index (χ2v) is 6.08. The van der Waals surface area contributed by atoms with E-state index in [2.05, 4.69) is 5.32 Å². The third-order valence-electron chi connectivity index (χ3n) is 4.66. The van der Waals surface area contributed by atoms with Crippen LogP contribution in [0.5, 0.6) is 0 Å². The van der Waals surface area contributed by atoms with Gasteiger partial charge in [0.05, 0.1) is 0 Å². The summed E-state index contributed by atoms with van der Waals surface area (Å²) in [6.07, 6.45) is -0.178. The standard InChI is InChI=1S/C16H19F3N2O/c17-10-16(18,19)13-5-6-21(15(22)7-13)14-3-1-11(2-4-14)12-8-20-9-12/h1-4,12-13,20H,5-10H2/t13-/m0/s1. The SMILES string of the molecule is O=C1C[C@@H](C(F)(F)CF)CCN1c1ccc(C2CNC2)cc1. The second-order valence-electron chi connectivity index (χ2n) is 6.08. The fraction of sp³-hybridized carbons (Fsp3) is 0.562. The summed E-state index contributed by atoms with van der Waals surface area (Å²) in [5.41, 5.74) is 1.94. The summed E-state index contributed by atoms with van der Waals surface area (Å²) in [6, 6.07) is 7.69. The van der Waals surface area contributed by atoms with Gasteiger partial charge >= 0.3 is 0 Å². The van der Waals surface area contributed by atoms with Crippen molar-refractivity contribution in [2.24, 2.45) is 5.92 Å². The number of nitrogens with zero attached hydrogens (tertiary/aromatic N) is 1. The maximum absolute atomic E-state index is 13.4. The molecule has 0 aliphatic carbocycles. The fourth-order valence-corrected chi connectivity index (χ4v) is 3.03. The van der Waals surface area contributed by atoms with Crippen molar-refractivity contribution < 1.29 is 18.0 Å². The normalized spacial score (nSPS) is 23.5. The minimum atomic E-state index is -3.40. The van der Waals surface area contributed by atoms with Crippen molar-refractivity contribution in [1.29, 1.82) is 0 Å². The van der Waals surface area contributed by atoms with E-state index in [0.29, 0.717) is 5.92 Å². The molecular weight excluding hydrogens is 293 g/mol. The highest BCUT2D eigenvalue weighted by molar-refractivity contribution is 5.94. The highest BCUT2D eigenvalue weighted by Crippen LogP contribution is 2.35. The number of benzene rings is 1. The molecule has 1 atom stereocenters. The number of piperidine rings is 1. The minimum absolute atomic E-state index is 0.122. The summed E-state index contributed by atoms with van der Waals surface area (Å²) in [4.78, 5) is 13.6. The smallest absolute Gasteiger partial charge is 0.279 e. The predicted molar refractivity (Wildman–Crippen MR) is 78.1 cm³/mol. The van der Waals surface area contributed by atoms with Crippen LogP contribution in [0, 0.1) is 5.92 Å². The Balaban J connectivity index is 1.67. The second kappa shape index (κ2) is 5.91. The molecule has 1 aromatic rings. The van der Waals surface area contributed by atoms with E-state index >= 15 is 0 Å². The van der Waals surface area contributed by atoms with Gasteiger partial charge in [-0.3, -0.25) is 4.79 Å². The number of anilines is 1. The third-order valence-corrected chi connectivity index (χ3v) is 4.66. The van der Waals surface area contributed by atoms with E-state index in [1.165, 1.54) is 10.5 Å². The van der Waals surface area contributed by atoms with Crippen LogP contribution >= 0.6 is 0 Å². The number of amides is 1. The molecule has 2 aliphatic heterocycles. The van der Waals surface area contributed by atoms with Gasteiger partial charge in [0.15, 0.2) is 6.67 Å². The first-order valence-corrected chi connectivity index (χ1v) is 7.56. The molecule has 2 aliphatic rings. The Hall–Kier alpha value is -1.56. The molecule has 0 unspecified atom stereocenters. The Bertz CT molecular complexity index is 543. The summed E-state index contributed by atoms with van der Waals surface area (Å²) in [5.74, 6) is -4.44. The van der Waals surface area contributed by atoms with Gasteiger partial charge in [0, 0.05) is 43.6 Å². The van der Waals surface area contributed by atoms with Crippen LogP contribution < -0.4 is 10.2 Å². The Morgan fingerprint density at radius 3 is 2.41 bits per heavy atom. The molecule has 0 bridgehead atoms. The summed E-state index contributed by atoms with van der Waals surface area (Å²) in [5, 5.41) is 3.20. The topological polar surface area (TPSA) is 32.3 Å². The molecule has 2 fully saturated rings. The van der Waals surface area contributed by atoms with Crippen LogP contribution in [0.25, 0.3) is 0 Å². The number of alkyl halides is 3. The van der Waals surface area contributed by atoms with Crippen LogP contribution in [0.1, 0.15) is 24.3 Å². The monoisotopic (exact) mass is 312 g/mol. The maximum Gasteiger partial charge on any atom is 0.279 e. The van der Waals surface area contributed by atoms with Crippen molar-refractivity contribution in [3.05, 3.63) is 29.8 Å². The zero-order valence-electron chi connectivity index (χ0n) is 12.2. The molecule has 1 amide bonds. The van der Waals surface area contributed by atoms with E-state index in [4.69, 9.17) is 0 Å². The van der Waals surface area contributed by atoms with Gasteiger partial charge in [-0.15, -0.1) is 0 Å². The maximum atomic E-state index is 13.4. The molecule has 6 heteroatoms. The number of carbonyl (C=O) groups excluding carboxylic acids is 1. The number of rotatable bonds is 4. The molecular formula is C16H19F3N2O. The number of nitrogens with one attached hydrogen (secondary N) is 1. The Kier molecular flexibility index (Phi) is 4.12. The summed E-state index contributed by atoms with van der Waals surface area (Å²) in [6.45, 7) is 0.433. The van der Waals surface area contributed by atoms with Crippen molar-refractivity contribution in [3.63, 3.8) is 0 Å². The van der Waals surface area contributed by atoms with E-state index in [9.17, 15) is 18.0 Å². The van der Waals surface area contributed by atoms with E-state index < -0.39 is 18.5 Å². The lowest BCUT2D eigenvalue weighted by molar-refractivity contribution is -0.130. The van der Waals surface area contributed by atoms with Crippen LogP contribution in [-0.2, 0) is 4.79 Å². The minimum Gasteiger partial charge on any atom is -0.315 e. The zero-order chi connectivity index (χ0) is 15.7. The van der Waals surface area contributed by atoms with E-state index in [0.717, 1.165) is 18.8 Å². The first kappa shape index (κ1) is 15.3. The van der Waals surface area contributed by atoms with Crippen molar-refractivity contribution in [3.8, 4) is 0 Å². The Morgan fingerprint density at radius 2 is 1.91 bits per heavy atom. The zero-order valence-corrected chi connectivity index (χ0v) is 12.2. The van der Waals surface area contributed by atoms with Gasteiger partial charge in [-0.05, 0) is 24.1 Å². The van der Waals surface area contributed by atoms with Gasteiger partial charge in [-0.2, -0.15) is 0 Å². The molecule has 3 nitrogen and oxygen atoms in total. The van der Waals surface area contributed by atoms with Crippen LogP contribution in [0.2, 0.25) is 0 Å². The molecule has 3 rings (SSSR count). The summed E-state index contributed by atoms with van der Waals surface area (Å²) >= 11 is 0. The Labute approximate surface area is 127 Å². The van der Waals surface area contributed by atoms with Gasteiger partial charge in [0.1, 0.15) is 0 Å². The van der Waals surface area contributed by atoms with Gasteiger partial charge in [-0.25, -0.2) is 13.2 Å². The highest BCUT2D eigenvalue weighted by atomic mass is 19.3. The van der Waals surface area contributed by atoms with E-state index in [1.54, 1.807) is 0 Å². The molecule has 120 valence electrons. The fourth-order valence-electron chi connectivity index (χ4n) is 3.03.